The number of aromatic amines is 1. The summed E-state index contributed by atoms with van der Waals surface area (Å²) in [7, 11) is -3.84. The van der Waals surface area contributed by atoms with E-state index in [-0.39, 0.29) is 26.9 Å². The highest BCUT2D eigenvalue weighted by Crippen LogP contribution is 2.26. The SMILES string of the molecule is Cc1ccc(S(=O)(=O)c2nc3ccc(NC(=O)c4ccccc4NC(=O)c4ccc(C(C)(C)C)cc4)cc3[nH]2)cc1. The van der Waals surface area contributed by atoms with Crippen LogP contribution in [0.2, 0.25) is 0 Å². The summed E-state index contributed by atoms with van der Waals surface area (Å²) in [6, 6.07) is 25.6. The Morgan fingerprint density at radius 1 is 0.805 bits per heavy atom. The van der Waals surface area contributed by atoms with Crippen LogP contribution >= 0.6 is 0 Å². The number of aromatic nitrogens is 2. The average Bonchev–Trinajstić information content (AvgIpc) is 3.38. The van der Waals surface area contributed by atoms with Crippen molar-refractivity contribution in [2.24, 2.45) is 0 Å². The van der Waals surface area contributed by atoms with E-state index in [9.17, 15) is 18.0 Å². The van der Waals surface area contributed by atoms with Crippen LogP contribution in [0.25, 0.3) is 11.0 Å². The molecule has 0 atom stereocenters. The lowest BCUT2D eigenvalue weighted by atomic mass is 9.86. The standard InChI is InChI=1S/C32H30N4O4S/c1-20-9-16-24(17-10-20)41(39,40)31-35-27-18-15-23(19-28(27)36-31)33-30(38)25-7-5-6-8-26(25)34-29(37)21-11-13-22(14-12-21)32(2,3)4/h5-19H,1-4H3,(H,33,38)(H,34,37)(H,35,36). The molecule has 4 aromatic carbocycles. The zero-order valence-corrected chi connectivity index (χ0v) is 24.0. The fraction of sp³-hybridized carbons (Fsp3) is 0.156. The lowest BCUT2D eigenvalue weighted by Gasteiger charge is -2.19. The first-order chi connectivity index (χ1) is 19.4. The van der Waals surface area contributed by atoms with E-state index in [4.69, 9.17) is 0 Å². The van der Waals surface area contributed by atoms with Crippen molar-refractivity contribution in [3.8, 4) is 0 Å². The molecule has 0 bridgehead atoms. The number of anilines is 2. The second kappa shape index (κ2) is 10.7. The molecule has 0 aliphatic heterocycles. The highest BCUT2D eigenvalue weighted by atomic mass is 32.2. The second-order valence-corrected chi connectivity index (χ2v) is 12.7. The molecule has 0 saturated heterocycles. The lowest BCUT2D eigenvalue weighted by Crippen LogP contribution is -2.18. The van der Waals surface area contributed by atoms with E-state index in [0.717, 1.165) is 11.1 Å². The number of para-hydroxylation sites is 1. The summed E-state index contributed by atoms with van der Waals surface area (Å²) in [6.45, 7) is 8.19. The minimum atomic E-state index is -3.84. The predicted molar refractivity (Wildman–Crippen MR) is 160 cm³/mol. The monoisotopic (exact) mass is 566 g/mol. The van der Waals surface area contributed by atoms with Crippen molar-refractivity contribution >= 4 is 44.1 Å². The third-order valence-electron chi connectivity index (χ3n) is 6.74. The van der Waals surface area contributed by atoms with Gasteiger partial charge in [-0.3, -0.25) is 9.59 Å². The molecule has 0 aliphatic carbocycles. The zero-order valence-electron chi connectivity index (χ0n) is 23.1. The molecule has 5 aromatic rings. The molecule has 0 fully saturated rings. The van der Waals surface area contributed by atoms with E-state index < -0.39 is 15.7 Å². The summed E-state index contributed by atoms with van der Waals surface area (Å²) in [5.41, 5.74) is 4.48. The summed E-state index contributed by atoms with van der Waals surface area (Å²) in [5, 5.41) is 5.49. The molecule has 208 valence electrons. The third-order valence-corrected chi connectivity index (χ3v) is 8.33. The van der Waals surface area contributed by atoms with Crippen molar-refractivity contribution in [3.63, 3.8) is 0 Å². The summed E-state index contributed by atoms with van der Waals surface area (Å²) >= 11 is 0. The van der Waals surface area contributed by atoms with Crippen LogP contribution in [0.1, 0.15) is 52.6 Å². The van der Waals surface area contributed by atoms with Crippen molar-refractivity contribution < 1.29 is 18.0 Å². The number of amides is 2. The van der Waals surface area contributed by atoms with E-state index in [2.05, 4.69) is 41.4 Å². The van der Waals surface area contributed by atoms with Gasteiger partial charge in [0.25, 0.3) is 11.8 Å². The average molecular weight is 567 g/mol. The Hall–Kier alpha value is -4.76. The maximum absolute atomic E-state index is 13.2. The molecule has 0 aliphatic rings. The van der Waals surface area contributed by atoms with Crippen LogP contribution in [0.3, 0.4) is 0 Å². The Labute approximate surface area is 238 Å². The first kappa shape index (κ1) is 27.8. The van der Waals surface area contributed by atoms with E-state index in [1.807, 2.05) is 19.1 Å². The number of H-pyrrole nitrogens is 1. The molecule has 1 aromatic heterocycles. The zero-order chi connectivity index (χ0) is 29.4. The summed E-state index contributed by atoms with van der Waals surface area (Å²) < 4.78 is 26.1. The van der Waals surface area contributed by atoms with Crippen LogP contribution < -0.4 is 10.6 Å². The quantitative estimate of drug-likeness (QED) is 0.216. The molecule has 0 spiro atoms. The van der Waals surface area contributed by atoms with Crippen LogP contribution in [0.4, 0.5) is 11.4 Å². The molecule has 8 nitrogen and oxygen atoms in total. The van der Waals surface area contributed by atoms with Crippen LogP contribution in [0.15, 0.2) is 101 Å². The molecule has 2 amide bonds. The van der Waals surface area contributed by atoms with Crippen molar-refractivity contribution in [2.45, 2.75) is 43.2 Å². The Morgan fingerprint density at radius 3 is 2.17 bits per heavy atom. The maximum atomic E-state index is 13.2. The number of carbonyl (C=O) groups is 2. The molecule has 0 unspecified atom stereocenters. The Kier molecular flexibility index (Phi) is 7.23. The lowest BCUT2D eigenvalue weighted by molar-refractivity contribution is 0.102. The van der Waals surface area contributed by atoms with Crippen LogP contribution in [0, 0.1) is 6.92 Å². The Morgan fingerprint density at radius 2 is 1.49 bits per heavy atom. The molecule has 0 saturated carbocycles. The highest BCUT2D eigenvalue weighted by molar-refractivity contribution is 7.91. The minimum absolute atomic E-state index is 0.0319. The van der Waals surface area contributed by atoms with Crippen molar-refractivity contribution in [1.29, 1.82) is 0 Å². The summed E-state index contributed by atoms with van der Waals surface area (Å²) in [4.78, 5) is 33.4. The van der Waals surface area contributed by atoms with E-state index >= 15 is 0 Å². The molecule has 41 heavy (non-hydrogen) atoms. The van der Waals surface area contributed by atoms with E-state index in [0.29, 0.717) is 28.0 Å². The molecule has 1 heterocycles. The van der Waals surface area contributed by atoms with Gasteiger partial charge in [0.05, 0.1) is 27.2 Å². The minimum Gasteiger partial charge on any atom is -0.328 e. The van der Waals surface area contributed by atoms with Crippen LogP contribution in [-0.4, -0.2) is 30.2 Å². The second-order valence-electron chi connectivity index (χ2n) is 10.9. The van der Waals surface area contributed by atoms with Crippen molar-refractivity contribution in [3.05, 3.63) is 113 Å². The molecule has 0 radical (unpaired) electrons. The third kappa shape index (κ3) is 5.90. The van der Waals surface area contributed by atoms with Crippen molar-refractivity contribution in [1.82, 2.24) is 9.97 Å². The smallest absolute Gasteiger partial charge is 0.257 e. The van der Waals surface area contributed by atoms with E-state index in [1.165, 1.54) is 0 Å². The van der Waals surface area contributed by atoms with Gasteiger partial charge in [0.1, 0.15) is 0 Å². The largest absolute Gasteiger partial charge is 0.328 e. The number of aryl methyl sites for hydroxylation is 1. The first-order valence-corrected chi connectivity index (χ1v) is 14.5. The van der Waals surface area contributed by atoms with E-state index in [1.54, 1.807) is 78.9 Å². The number of sulfone groups is 1. The topological polar surface area (TPSA) is 121 Å². The Bertz CT molecular complexity index is 1870. The van der Waals surface area contributed by atoms with Gasteiger partial charge >= 0.3 is 0 Å². The van der Waals surface area contributed by atoms with Gasteiger partial charge in [0, 0.05) is 11.3 Å². The number of nitrogens with zero attached hydrogens (tertiary/aromatic N) is 1. The fourth-order valence-electron chi connectivity index (χ4n) is 4.32. The van der Waals surface area contributed by atoms with Gasteiger partial charge in [-0.05, 0) is 72.5 Å². The van der Waals surface area contributed by atoms with Gasteiger partial charge in [-0.15, -0.1) is 0 Å². The van der Waals surface area contributed by atoms with Gasteiger partial charge in [-0.25, -0.2) is 13.4 Å². The van der Waals surface area contributed by atoms with Crippen LogP contribution in [-0.2, 0) is 15.3 Å². The number of benzene rings is 4. The first-order valence-electron chi connectivity index (χ1n) is 13.1. The van der Waals surface area contributed by atoms with Crippen LogP contribution in [0.5, 0.6) is 0 Å². The van der Waals surface area contributed by atoms with Gasteiger partial charge in [0.15, 0.2) is 0 Å². The number of carbonyl (C=O) groups excluding carboxylic acids is 2. The maximum Gasteiger partial charge on any atom is 0.257 e. The number of hydrogen-bond acceptors (Lipinski definition) is 5. The molecular weight excluding hydrogens is 536 g/mol. The number of rotatable bonds is 6. The number of imidazole rings is 1. The number of fused-ring (bicyclic) bond motifs is 1. The molecule has 5 rings (SSSR count). The summed E-state index contributed by atoms with van der Waals surface area (Å²) in [5.74, 6) is -0.762. The van der Waals surface area contributed by atoms with Gasteiger partial charge in [-0.1, -0.05) is 62.7 Å². The Balaban J connectivity index is 1.34. The van der Waals surface area contributed by atoms with Gasteiger partial charge < -0.3 is 15.6 Å². The molecule has 3 N–H and O–H groups in total. The molecular formula is C32H30N4O4S. The van der Waals surface area contributed by atoms with Gasteiger partial charge in [-0.2, -0.15) is 0 Å². The summed E-state index contributed by atoms with van der Waals surface area (Å²) in [6.07, 6.45) is 0. The molecule has 9 heteroatoms. The number of hydrogen-bond donors (Lipinski definition) is 3. The van der Waals surface area contributed by atoms with Gasteiger partial charge in [0.2, 0.25) is 15.0 Å². The normalized spacial score (nSPS) is 11.8. The van der Waals surface area contributed by atoms with Crippen molar-refractivity contribution in [2.75, 3.05) is 10.6 Å². The fourth-order valence-corrected chi connectivity index (χ4v) is 5.51. The predicted octanol–water partition coefficient (Wildman–Crippen LogP) is 6.51. The number of nitrogens with one attached hydrogen (secondary N) is 3. The highest BCUT2D eigenvalue weighted by Gasteiger charge is 2.22.